The molecule has 1 fully saturated rings. The van der Waals surface area contributed by atoms with E-state index < -0.39 is 0 Å². The van der Waals surface area contributed by atoms with Crippen LogP contribution >= 0.6 is 15.9 Å². The predicted octanol–water partition coefficient (Wildman–Crippen LogP) is 4.64. The number of hydrogen-bond donors (Lipinski definition) is 1. The first kappa shape index (κ1) is 12.9. The van der Waals surface area contributed by atoms with E-state index in [4.69, 9.17) is 4.42 Å². The fourth-order valence-electron chi connectivity index (χ4n) is 2.76. The molecule has 1 aliphatic carbocycles. The molecule has 0 amide bonds. The van der Waals surface area contributed by atoms with E-state index in [-0.39, 0.29) is 0 Å². The van der Waals surface area contributed by atoms with Crippen molar-refractivity contribution in [2.75, 3.05) is 0 Å². The van der Waals surface area contributed by atoms with Crippen molar-refractivity contribution in [1.29, 1.82) is 0 Å². The van der Waals surface area contributed by atoms with E-state index >= 15 is 0 Å². The molecule has 1 N–H and O–H groups in total. The monoisotopic (exact) mass is 319 g/mol. The second-order valence-corrected chi connectivity index (χ2v) is 6.24. The molecular weight excluding hydrogens is 302 g/mol. The third-order valence-corrected chi connectivity index (χ3v) is 4.41. The molecule has 1 aromatic carbocycles. The fraction of sp³-hybridized carbons (Fsp3) is 0.375. The van der Waals surface area contributed by atoms with Crippen LogP contribution in [0, 0.1) is 0 Å². The maximum atomic E-state index is 5.42. The third-order valence-electron chi connectivity index (χ3n) is 3.91. The van der Waals surface area contributed by atoms with Gasteiger partial charge in [-0.15, -0.1) is 0 Å². The van der Waals surface area contributed by atoms with E-state index in [2.05, 4.69) is 52.4 Å². The van der Waals surface area contributed by atoms with E-state index in [1.165, 1.54) is 22.9 Å². The van der Waals surface area contributed by atoms with Crippen LogP contribution in [-0.2, 0) is 0 Å². The zero-order valence-corrected chi connectivity index (χ0v) is 12.6. The van der Waals surface area contributed by atoms with Crippen LogP contribution in [0.3, 0.4) is 0 Å². The molecule has 0 bridgehead atoms. The lowest BCUT2D eigenvalue weighted by Crippen LogP contribution is -2.41. The molecule has 0 saturated heterocycles. The summed E-state index contributed by atoms with van der Waals surface area (Å²) in [6.07, 6.45) is 4.15. The third kappa shape index (κ3) is 2.93. The van der Waals surface area contributed by atoms with Gasteiger partial charge in [-0.3, -0.25) is 0 Å². The van der Waals surface area contributed by atoms with Gasteiger partial charge in [0.2, 0.25) is 0 Å². The molecule has 1 atom stereocenters. The van der Waals surface area contributed by atoms with Gasteiger partial charge < -0.3 is 9.73 Å². The van der Waals surface area contributed by atoms with Crippen LogP contribution in [0.15, 0.2) is 51.6 Å². The topological polar surface area (TPSA) is 25.2 Å². The van der Waals surface area contributed by atoms with Gasteiger partial charge in [0, 0.05) is 10.5 Å². The van der Waals surface area contributed by atoms with Crippen molar-refractivity contribution >= 4 is 15.9 Å². The summed E-state index contributed by atoms with van der Waals surface area (Å²) in [5, 5.41) is 3.63. The largest absolute Gasteiger partial charge is 0.468 e. The summed E-state index contributed by atoms with van der Waals surface area (Å²) in [5.74, 6) is 1.71. The average molecular weight is 320 g/mol. The Morgan fingerprint density at radius 1 is 1.26 bits per heavy atom. The SMILES string of the molecule is CC(NC1CC(c2cccc(Br)c2)C1)c1ccco1. The van der Waals surface area contributed by atoms with Crippen molar-refractivity contribution in [3.63, 3.8) is 0 Å². The molecule has 1 aliphatic rings. The van der Waals surface area contributed by atoms with Crippen LogP contribution < -0.4 is 5.32 Å². The Balaban J connectivity index is 1.53. The Morgan fingerprint density at radius 2 is 2.11 bits per heavy atom. The number of hydrogen-bond acceptors (Lipinski definition) is 2. The summed E-state index contributed by atoms with van der Waals surface area (Å²) in [6, 6.07) is 13.5. The molecular formula is C16H18BrNO. The van der Waals surface area contributed by atoms with Crippen molar-refractivity contribution < 1.29 is 4.42 Å². The lowest BCUT2D eigenvalue weighted by molar-refractivity contribution is 0.258. The van der Waals surface area contributed by atoms with Crippen molar-refractivity contribution in [3.8, 4) is 0 Å². The summed E-state index contributed by atoms with van der Waals surface area (Å²) >= 11 is 3.54. The normalized spacial score (nSPS) is 23.9. The maximum Gasteiger partial charge on any atom is 0.120 e. The van der Waals surface area contributed by atoms with Crippen molar-refractivity contribution in [2.24, 2.45) is 0 Å². The van der Waals surface area contributed by atoms with Gasteiger partial charge in [0.15, 0.2) is 0 Å². The molecule has 0 radical (unpaired) electrons. The van der Waals surface area contributed by atoms with Crippen molar-refractivity contribution in [2.45, 2.75) is 37.8 Å². The first-order valence-corrected chi connectivity index (χ1v) is 7.56. The van der Waals surface area contributed by atoms with Crippen LogP contribution in [0.2, 0.25) is 0 Å². The van der Waals surface area contributed by atoms with Crippen LogP contribution in [0.5, 0.6) is 0 Å². The lowest BCUT2D eigenvalue weighted by atomic mass is 9.75. The number of nitrogens with one attached hydrogen (secondary N) is 1. The Hall–Kier alpha value is -1.06. The summed E-state index contributed by atoms with van der Waals surface area (Å²) < 4.78 is 6.59. The summed E-state index contributed by atoms with van der Waals surface area (Å²) in [4.78, 5) is 0. The Kier molecular flexibility index (Phi) is 3.76. The van der Waals surface area contributed by atoms with Gasteiger partial charge in [0.05, 0.1) is 12.3 Å². The highest BCUT2D eigenvalue weighted by Crippen LogP contribution is 2.38. The van der Waals surface area contributed by atoms with E-state index in [0.717, 1.165) is 5.76 Å². The van der Waals surface area contributed by atoms with Gasteiger partial charge in [-0.2, -0.15) is 0 Å². The van der Waals surface area contributed by atoms with Gasteiger partial charge in [0.1, 0.15) is 5.76 Å². The van der Waals surface area contributed by atoms with Gasteiger partial charge >= 0.3 is 0 Å². The standard InChI is InChI=1S/C16H18BrNO/c1-11(16-6-3-7-19-16)18-15-9-13(10-15)12-4-2-5-14(17)8-12/h2-8,11,13,15,18H,9-10H2,1H3. The number of furan rings is 1. The second-order valence-electron chi connectivity index (χ2n) is 5.32. The summed E-state index contributed by atoms with van der Waals surface area (Å²) in [5.41, 5.74) is 1.44. The summed E-state index contributed by atoms with van der Waals surface area (Å²) in [7, 11) is 0. The first-order chi connectivity index (χ1) is 9.22. The van der Waals surface area contributed by atoms with Crippen molar-refractivity contribution in [3.05, 3.63) is 58.5 Å². The molecule has 1 aromatic heterocycles. The highest BCUT2D eigenvalue weighted by molar-refractivity contribution is 9.10. The number of halogens is 1. The van der Waals surface area contributed by atoms with E-state index in [9.17, 15) is 0 Å². The fourth-order valence-corrected chi connectivity index (χ4v) is 3.18. The molecule has 1 unspecified atom stereocenters. The molecule has 100 valence electrons. The van der Waals surface area contributed by atoms with Crippen LogP contribution in [0.4, 0.5) is 0 Å². The van der Waals surface area contributed by atoms with E-state index in [0.29, 0.717) is 18.0 Å². The van der Waals surface area contributed by atoms with Crippen molar-refractivity contribution in [1.82, 2.24) is 5.32 Å². The second kappa shape index (κ2) is 5.51. The smallest absolute Gasteiger partial charge is 0.120 e. The van der Waals surface area contributed by atoms with Gasteiger partial charge in [-0.25, -0.2) is 0 Å². The molecule has 3 heteroatoms. The predicted molar refractivity (Wildman–Crippen MR) is 80.2 cm³/mol. The van der Waals surface area contributed by atoms with E-state index in [1.54, 1.807) is 6.26 Å². The zero-order chi connectivity index (χ0) is 13.2. The number of rotatable bonds is 4. The minimum Gasteiger partial charge on any atom is -0.468 e. The maximum absolute atomic E-state index is 5.42. The van der Waals surface area contributed by atoms with Crippen LogP contribution in [-0.4, -0.2) is 6.04 Å². The average Bonchev–Trinajstić information content (AvgIpc) is 2.86. The van der Waals surface area contributed by atoms with Crippen LogP contribution in [0.1, 0.15) is 43.0 Å². The first-order valence-electron chi connectivity index (χ1n) is 6.77. The molecule has 1 heterocycles. The quantitative estimate of drug-likeness (QED) is 0.888. The molecule has 0 aliphatic heterocycles. The highest BCUT2D eigenvalue weighted by atomic mass is 79.9. The minimum absolute atomic E-state index is 0.295. The van der Waals surface area contributed by atoms with Gasteiger partial charge in [0.25, 0.3) is 0 Å². The Morgan fingerprint density at radius 3 is 2.79 bits per heavy atom. The Bertz CT molecular complexity index is 531. The van der Waals surface area contributed by atoms with E-state index in [1.807, 2.05) is 12.1 Å². The molecule has 2 aromatic rings. The van der Waals surface area contributed by atoms with Crippen LogP contribution in [0.25, 0.3) is 0 Å². The lowest BCUT2D eigenvalue weighted by Gasteiger charge is -2.38. The Labute approximate surface area is 122 Å². The molecule has 3 rings (SSSR count). The molecule has 19 heavy (non-hydrogen) atoms. The molecule has 2 nitrogen and oxygen atoms in total. The molecule has 1 saturated carbocycles. The summed E-state index contributed by atoms with van der Waals surface area (Å²) in [6.45, 7) is 2.16. The molecule has 0 spiro atoms. The zero-order valence-electron chi connectivity index (χ0n) is 11.0. The minimum atomic E-state index is 0.295. The highest BCUT2D eigenvalue weighted by Gasteiger charge is 2.31. The number of benzene rings is 1. The van der Waals surface area contributed by atoms with Gasteiger partial charge in [-0.1, -0.05) is 28.1 Å². The van der Waals surface area contributed by atoms with Gasteiger partial charge in [-0.05, 0) is 55.5 Å².